The van der Waals surface area contributed by atoms with Gasteiger partial charge < -0.3 is 10.6 Å². The molecule has 2 rings (SSSR count). The molecule has 1 amide bonds. The van der Waals surface area contributed by atoms with Crippen LogP contribution in [0.15, 0.2) is 27.6 Å². The van der Waals surface area contributed by atoms with Crippen LogP contribution in [0.25, 0.3) is 0 Å². The Morgan fingerprint density at radius 2 is 1.83 bits per heavy atom. The molecule has 0 aliphatic carbocycles. The van der Waals surface area contributed by atoms with E-state index in [2.05, 4.69) is 60.0 Å². The number of hydrogen-bond acceptors (Lipinski definition) is 3. The van der Waals surface area contributed by atoms with Crippen LogP contribution in [0.5, 0.6) is 0 Å². The molecule has 1 aromatic rings. The van der Waals surface area contributed by atoms with Gasteiger partial charge in [-0.2, -0.15) is 0 Å². The van der Waals surface area contributed by atoms with E-state index in [1.807, 2.05) is 6.07 Å². The summed E-state index contributed by atoms with van der Waals surface area (Å²) < 4.78 is 0.892. The van der Waals surface area contributed by atoms with Crippen molar-refractivity contribution in [2.75, 3.05) is 19.6 Å². The molecule has 1 aliphatic heterocycles. The van der Waals surface area contributed by atoms with E-state index < -0.39 is 0 Å². The van der Waals surface area contributed by atoms with Gasteiger partial charge in [-0.3, -0.25) is 4.79 Å². The Morgan fingerprint density at radius 1 is 1.22 bits per heavy atom. The van der Waals surface area contributed by atoms with Crippen LogP contribution in [0.4, 0.5) is 0 Å². The third-order valence-electron chi connectivity index (χ3n) is 3.44. The summed E-state index contributed by atoms with van der Waals surface area (Å²) in [4.78, 5) is 12.6. The average molecular weight is 401 g/mol. The summed E-state index contributed by atoms with van der Waals surface area (Å²) in [7, 11) is 0. The Kier molecular flexibility index (Phi) is 9.25. The molecule has 1 saturated heterocycles. The van der Waals surface area contributed by atoms with Crippen molar-refractivity contribution in [1.29, 1.82) is 0 Å². The predicted octanol–water partition coefficient (Wildman–Crippen LogP) is 4.66. The summed E-state index contributed by atoms with van der Waals surface area (Å²) in [6.45, 7) is 9.40. The van der Waals surface area contributed by atoms with E-state index in [-0.39, 0.29) is 11.3 Å². The number of carbonyl (C=O) groups is 1. The molecule has 3 nitrogen and oxygen atoms in total. The highest BCUT2D eigenvalue weighted by Crippen LogP contribution is 2.21. The van der Waals surface area contributed by atoms with E-state index in [1.54, 1.807) is 12.1 Å². The van der Waals surface area contributed by atoms with Crippen molar-refractivity contribution >= 4 is 34.5 Å². The molecule has 0 atom stereocenters. The molecular weight excluding hydrogens is 372 g/mol. The van der Waals surface area contributed by atoms with E-state index in [0.717, 1.165) is 9.37 Å². The van der Waals surface area contributed by atoms with Crippen molar-refractivity contribution in [2.45, 2.75) is 51.3 Å². The van der Waals surface area contributed by atoms with Crippen LogP contribution >= 0.6 is 28.6 Å². The fourth-order valence-corrected chi connectivity index (χ4v) is 2.54. The minimum absolute atomic E-state index is 0.0577. The maximum Gasteiger partial charge on any atom is 0.251 e. The number of hydrogen-bond donors (Lipinski definition) is 3. The van der Waals surface area contributed by atoms with Crippen molar-refractivity contribution in [3.63, 3.8) is 0 Å². The molecular formula is C18H29BrN2OS. The molecule has 0 radical (unpaired) electrons. The second-order valence-electron chi connectivity index (χ2n) is 7.07. The first-order valence-electron chi connectivity index (χ1n) is 8.27. The van der Waals surface area contributed by atoms with Crippen LogP contribution in [-0.2, 0) is 0 Å². The lowest BCUT2D eigenvalue weighted by Crippen LogP contribution is -2.32. The zero-order chi connectivity index (χ0) is 17.3. The normalized spacial score (nSPS) is 15.2. The topological polar surface area (TPSA) is 41.1 Å². The highest BCUT2D eigenvalue weighted by Gasteiger charge is 2.13. The van der Waals surface area contributed by atoms with Crippen molar-refractivity contribution in [3.05, 3.63) is 28.2 Å². The summed E-state index contributed by atoms with van der Waals surface area (Å²) in [5.74, 6) is -0.0577. The first-order valence-corrected chi connectivity index (χ1v) is 9.51. The molecule has 23 heavy (non-hydrogen) atoms. The molecule has 0 unspecified atom stereocenters. The predicted molar refractivity (Wildman–Crippen MR) is 105 cm³/mol. The van der Waals surface area contributed by atoms with Crippen molar-refractivity contribution in [1.82, 2.24) is 10.6 Å². The smallest absolute Gasteiger partial charge is 0.251 e. The fourth-order valence-electron chi connectivity index (χ4n) is 2.08. The van der Waals surface area contributed by atoms with Gasteiger partial charge in [-0.25, -0.2) is 0 Å². The van der Waals surface area contributed by atoms with Gasteiger partial charge in [0.05, 0.1) is 0 Å². The molecule has 0 aromatic heterocycles. The molecule has 1 aromatic carbocycles. The first kappa shape index (κ1) is 20.5. The maximum atomic E-state index is 11.8. The van der Waals surface area contributed by atoms with E-state index in [4.69, 9.17) is 0 Å². The zero-order valence-corrected chi connectivity index (χ0v) is 16.9. The molecule has 130 valence electrons. The van der Waals surface area contributed by atoms with E-state index in [0.29, 0.717) is 12.1 Å². The van der Waals surface area contributed by atoms with Gasteiger partial charge in [0.25, 0.3) is 5.91 Å². The average Bonchev–Trinajstić information content (AvgIpc) is 2.80. The number of rotatable bonds is 2. The Morgan fingerprint density at radius 3 is 2.35 bits per heavy atom. The lowest BCUT2D eigenvalue weighted by Gasteiger charge is -2.18. The van der Waals surface area contributed by atoms with Crippen LogP contribution in [-0.4, -0.2) is 25.5 Å². The SMILES string of the molecule is C1CCCNCC1.CC(C)(C)CNC(=O)c1ccc(Br)c(S)c1. The summed E-state index contributed by atoms with van der Waals surface area (Å²) in [6, 6.07) is 5.36. The third kappa shape index (κ3) is 9.38. The molecule has 0 saturated carbocycles. The number of amides is 1. The molecule has 2 N–H and O–H groups in total. The van der Waals surface area contributed by atoms with Crippen LogP contribution in [0, 0.1) is 5.41 Å². The van der Waals surface area contributed by atoms with Crippen molar-refractivity contribution < 1.29 is 4.79 Å². The van der Waals surface area contributed by atoms with Gasteiger partial charge >= 0.3 is 0 Å². The van der Waals surface area contributed by atoms with Gasteiger partial charge in [-0.15, -0.1) is 12.6 Å². The second kappa shape index (κ2) is 10.4. The number of thiol groups is 1. The molecule has 0 bridgehead atoms. The van der Waals surface area contributed by atoms with Crippen molar-refractivity contribution in [2.24, 2.45) is 5.41 Å². The molecule has 1 aliphatic rings. The number of benzene rings is 1. The van der Waals surface area contributed by atoms with Gasteiger partial charge in [0, 0.05) is 21.5 Å². The van der Waals surface area contributed by atoms with E-state index in [9.17, 15) is 4.79 Å². The highest BCUT2D eigenvalue weighted by molar-refractivity contribution is 9.10. The van der Waals surface area contributed by atoms with Gasteiger partial charge in [0.1, 0.15) is 0 Å². The monoisotopic (exact) mass is 400 g/mol. The van der Waals surface area contributed by atoms with Gasteiger partial charge in [0.15, 0.2) is 0 Å². The molecule has 0 spiro atoms. The fraction of sp³-hybridized carbons (Fsp3) is 0.611. The van der Waals surface area contributed by atoms with Gasteiger partial charge in [0.2, 0.25) is 0 Å². The summed E-state index contributed by atoms with van der Waals surface area (Å²) in [5.41, 5.74) is 0.729. The summed E-state index contributed by atoms with van der Waals surface area (Å²) >= 11 is 7.60. The Hall–Kier alpha value is -0.520. The summed E-state index contributed by atoms with van der Waals surface area (Å²) in [5, 5.41) is 6.24. The van der Waals surface area contributed by atoms with E-state index >= 15 is 0 Å². The van der Waals surface area contributed by atoms with Crippen LogP contribution in [0.1, 0.15) is 56.8 Å². The molecule has 1 heterocycles. The van der Waals surface area contributed by atoms with Crippen LogP contribution in [0.2, 0.25) is 0 Å². The molecule has 1 fully saturated rings. The van der Waals surface area contributed by atoms with Crippen molar-refractivity contribution in [3.8, 4) is 0 Å². The Labute approximate surface area is 154 Å². The lowest BCUT2D eigenvalue weighted by molar-refractivity contribution is 0.0939. The Bertz CT molecular complexity index is 481. The quantitative estimate of drug-likeness (QED) is 0.631. The lowest BCUT2D eigenvalue weighted by atomic mass is 9.97. The standard InChI is InChI=1S/C12H16BrNOS.C6H13N/c1-12(2,3)7-14-11(15)8-4-5-9(13)10(16)6-8;1-2-4-6-7-5-3-1/h4-6,16H,7H2,1-3H3,(H,14,15);7H,1-6H2. The van der Waals surface area contributed by atoms with Gasteiger partial charge in [-0.1, -0.05) is 33.6 Å². The van der Waals surface area contributed by atoms with Crippen LogP contribution < -0.4 is 10.6 Å². The molecule has 5 heteroatoms. The van der Waals surface area contributed by atoms with Crippen LogP contribution in [0.3, 0.4) is 0 Å². The first-order chi connectivity index (χ1) is 10.8. The highest BCUT2D eigenvalue weighted by atomic mass is 79.9. The van der Waals surface area contributed by atoms with Gasteiger partial charge in [-0.05, 0) is 65.5 Å². The number of halogens is 1. The number of carbonyl (C=O) groups excluding carboxylic acids is 1. The summed E-state index contributed by atoms with van der Waals surface area (Å²) in [6.07, 6.45) is 5.65. The minimum Gasteiger partial charge on any atom is -0.352 e. The second-order valence-corrected chi connectivity index (χ2v) is 8.41. The maximum absolute atomic E-state index is 11.8. The number of nitrogens with one attached hydrogen (secondary N) is 2. The zero-order valence-electron chi connectivity index (χ0n) is 14.4. The Balaban J connectivity index is 0.000000313. The third-order valence-corrected chi connectivity index (χ3v) is 4.81. The minimum atomic E-state index is -0.0577. The largest absolute Gasteiger partial charge is 0.352 e. The van der Waals surface area contributed by atoms with E-state index in [1.165, 1.54) is 38.8 Å².